The number of amides is 2. The molecule has 2 aromatic rings. The highest BCUT2D eigenvalue weighted by atomic mass is 16.2. The van der Waals surface area contributed by atoms with Crippen LogP contribution in [0.3, 0.4) is 0 Å². The Bertz CT molecular complexity index is 906. The van der Waals surface area contributed by atoms with Crippen LogP contribution in [-0.4, -0.2) is 75.7 Å². The first kappa shape index (κ1) is 19.7. The molecule has 0 unspecified atom stereocenters. The minimum atomic E-state index is -0.0478. The van der Waals surface area contributed by atoms with Crippen LogP contribution < -0.4 is 5.32 Å². The van der Waals surface area contributed by atoms with Gasteiger partial charge >= 0.3 is 0 Å². The Hall–Kier alpha value is -2.61. The van der Waals surface area contributed by atoms with Gasteiger partial charge < -0.3 is 19.7 Å². The van der Waals surface area contributed by atoms with Crippen molar-refractivity contribution in [1.29, 1.82) is 0 Å². The lowest BCUT2D eigenvalue weighted by Gasteiger charge is -2.32. The zero-order valence-corrected chi connectivity index (χ0v) is 17.5. The fourth-order valence-corrected chi connectivity index (χ4v) is 4.20. The van der Waals surface area contributed by atoms with Crippen molar-refractivity contribution in [3.8, 4) is 0 Å². The number of likely N-dealkylation sites (N-methyl/N-ethyl adjacent to an activating group) is 1. The Morgan fingerprint density at radius 1 is 1.14 bits per heavy atom. The van der Waals surface area contributed by atoms with Crippen molar-refractivity contribution in [2.24, 2.45) is 13.0 Å². The van der Waals surface area contributed by atoms with Crippen LogP contribution in [0.25, 0.3) is 0 Å². The average molecular weight is 399 g/mol. The van der Waals surface area contributed by atoms with E-state index in [0.29, 0.717) is 18.2 Å². The zero-order valence-electron chi connectivity index (χ0n) is 17.5. The molecular formula is C21H30N6O2. The van der Waals surface area contributed by atoms with E-state index in [1.54, 1.807) is 6.20 Å². The fourth-order valence-electron chi connectivity index (χ4n) is 4.20. The van der Waals surface area contributed by atoms with Gasteiger partial charge in [-0.25, -0.2) is 0 Å². The van der Waals surface area contributed by atoms with E-state index in [1.165, 1.54) is 0 Å². The van der Waals surface area contributed by atoms with Crippen molar-refractivity contribution < 1.29 is 9.59 Å². The van der Waals surface area contributed by atoms with E-state index in [0.717, 1.165) is 62.5 Å². The molecule has 8 heteroatoms. The van der Waals surface area contributed by atoms with E-state index < -0.39 is 0 Å². The van der Waals surface area contributed by atoms with Crippen LogP contribution in [0.15, 0.2) is 18.3 Å². The van der Waals surface area contributed by atoms with Crippen LogP contribution in [0.1, 0.15) is 38.7 Å². The van der Waals surface area contributed by atoms with Gasteiger partial charge in [-0.2, -0.15) is 5.10 Å². The standard InChI is InChI=1S/C21H30N6O2/c1-15-4-5-18(25(15)3)20(28)22-13-16-6-7-27-19(12-16)17(14-23-27)21(29)26-10-8-24(2)9-11-26/h4-5,14,16H,6-13H2,1-3H3,(H,22,28)/t16-/m1/s1. The molecule has 1 N–H and O–H groups in total. The third-order valence-electron chi connectivity index (χ3n) is 6.36. The molecule has 0 aromatic carbocycles. The molecule has 156 valence electrons. The van der Waals surface area contributed by atoms with E-state index >= 15 is 0 Å². The highest BCUT2D eigenvalue weighted by molar-refractivity contribution is 5.95. The maximum atomic E-state index is 13.0. The Morgan fingerprint density at radius 2 is 1.90 bits per heavy atom. The number of rotatable bonds is 4. The van der Waals surface area contributed by atoms with Gasteiger partial charge in [0, 0.05) is 52.0 Å². The third-order valence-corrected chi connectivity index (χ3v) is 6.36. The summed E-state index contributed by atoms with van der Waals surface area (Å²) < 4.78 is 3.86. The van der Waals surface area contributed by atoms with Gasteiger partial charge in [0.05, 0.1) is 17.5 Å². The number of carbonyl (C=O) groups excluding carboxylic acids is 2. The Kier molecular flexibility index (Phi) is 5.45. The number of nitrogens with zero attached hydrogens (tertiary/aromatic N) is 5. The highest BCUT2D eigenvalue weighted by Crippen LogP contribution is 2.24. The highest BCUT2D eigenvalue weighted by Gasteiger charge is 2.29. The molecule has 0 spiro atoms. The molecule has 1 saturated heterocycles. The van der Waals surface area contributed by atoms with Crippen LogP contribution in [-0.2, 0) is 20.0 Å². The van der Waals surface area contributed by atoms with Crippen molar-refractivity contribution in [1.82, 2.24) is 29.5 Å². The van der Waals surface area contributed by atoms with Gasteiger partial charge in [-0.1, -0.05) is 0 Å². The maximum absolute atomic E-state index is 13.0. The van der Waals surface area contributed by atoms with Gasteiger partial charge in [-0.3, -0.25) is 14.3 Å². The summed E-state index contributed by atoms with van der Waals surface area (Å²) >= 11 is 0. The van der Waals surface area contributed by atoms with Crippen molar-refractivity contribution in [3.05, 3.63) is 41.0 Å². The lowest BCUT2D eigenvalue weighted by molar-refractivity contribution is 0.0661. The number of carbonyl (C=O) groups is 2. The van der Waals surface area contributed by atoms with E-state index in [1.807, 2.05) is 40.3 Å². The third kappa shape index (κ3) is 3.94. The van der Waals surface area contributed by atoms with Gasteiger partial charge in [-0.15, -0.1) is 0 Å². The van der Waals surface area contributed by atoms with Gasteiger partial charge in [0.2, 0.25) is 0 Å². The number of hydrogen-bond acceptors (Lipinski definition) is 4. The predicted octanol–water partition coefficient (Wildman–Crippen LogP) is 0.910. The summed E-state index contributed by atoms with van der Waals surface area (Å²) in [5, 5.41) is 7.52. The molecule has 29 heavy (non-hydrogen) atoms. The largest absolute Gasteiger partial charge is 0.350 e. The molecule has 1 fully saturated rings. The molecule has 0 bridgehead atoms. The Morgan fingerprint density at radius 3 is 2.59 bits per heavy atom. The average Bonchev–Trinajstić information content (AvgIpc) is 3.29. The number of nitrogens with one attached hydrogen (secondary N) is 1. The summed E-state index contributed by atoms with van der Waals surface area (Å²) in [5.41, 5.74) is 3.47. The molecule has 2 amide bonds. The van der Waals surface area contributed by atoms with Crippen molar-refractivity contribution in [2.45, 2.75) is 26.3 Å². The first-order valence-corrected chi connectivity index (χ1v) is 10.4. The van der Waals surface area contributed by atoms with Crippen molar-refractivity contribution >= 4 is 11.8 Å². The number of aromatic nitrogens is 3. The first-order chi connectivity index (χ1) is 13.9. The van der Waals surface area contributed by atoms with E-state index in [9.17, 15) is 9.59 Å². The molecule has 4 rings (SSSR count). The van der Waals surface area contributed by atoms with E-state index in [4.69, 9.17) is 0 Å². The molecule has 1 atom stereocenters. The monoisotopic (exact) mass is 398 g/mol. The first-order valence-electron chi connectivity index (χ1n) is 10.4. The molecule has 0 saturated carbocycles. The molecule has 0 aliphatic carbocycles. The lowest BCUT2D eigenvalue weighted by Crippen LogP contribution is -2.47. The maximum Gasteiger partial charge on any atom is 0.267 e. The van der Waals surface area contributed by atoms with Crippen LogP contribution in [0, 0.1) is 12.8 Å². The van der Waals surface area contributed by atoms with Crippen LogP contribution in [0.4, 0.5) is 0 Å². The second-order valence-electron chi connectivity index (χ2n) is 8.31. The Labute approximate surface area is 171 Å². The van der Waals surface area contributed by atoms with Gasteiger partial charge in [0.25, 0.3) is 11.8 Å². The van der Waals surface area contributed by atoms with E-state index in [2.05, 4.69) is 22.4 Å². The summed E-state index contributed by atoms with van der Waals surface area (Å²) in [7, 11) is 3.99. The number of hydrogen-bond donors (Lipinski definition) is 1. The lowest BCUT2D eigenvalue weighted by atomic mass is 9.94. The van der Waals surface area contributed by atoms with Crippen LogP contribution >= 0.6 is 0 Å². The minimum absolute atomic E-state index is 0.0478. The smallest absolute Gasteiger partial charge is 0.267 e. The zero-order chi connectivity index (χ0) is 20.5. The van der Waals surface area contributed by atoms with Crippen molar-refractivity contribution in [2.75, 3.05) is 39.8 Å². The summed E-state index contributed by atoms with van der Waals surface area (Å²) in [6, 6.07) is 3.80. The molecule has 2 aliphatic heterocycles. The molecule has 4 heterocycles. The van der Waals surface area contributed by atoms with E-state index in [-0.39, 0.29) is 11.8 Å². The topological polar surface area (TPSA) is 75.4 Å². The summed E-state index contributed by atoms with van der Waals surface area (Å²) in [6.07, 6.45) is 3.44. The summed E-state index contributed by atoms with van der Waals surface area (Å²) in [4.78, 5) is 29.7. The SMILES string of the molecule is Cc1ccc(C(=O)NC[C@@H]2CCn3ncc(C(=O)N4CCN(C)CC4)c3C2)n1C. The van der Waals surface area contributed by atoms with Crippen molar-refractivity contribution in [3.63, 3.8) is 0 Å². The molecule has 0 radical (unpaired) electrons. The number of piperazine rings is 1. The second kappa shape index (κ2) is 8.02. The number of fused-ring (bicyclic) bond motifs is 1. The molecular weight excluding hydrogens is 368 g/mol. The summed E-state index contributed by atoms with van der Waals surface area (Å²) in [5.74, 6) is 0.347. The summed E-state index contributed by atoms with van der Waals surface area (Å²) in [6.45, 7) is 6.71. The normalized spacial score (nSPS) is 19.8. The molecule has 2 aliphatic rings. The van der Waals surface area contributed by atoms with Gasteiger partial charge in [0.1, 0.15) is 5.69 Å². The Balaban J connectivity index is 1.39. The molecule has 2 aromatic heterocycles. The van der Waals surface area contributed by atoms with Gasteiger partial charge in [-0.05, 0) is 44.9 Å². The predicted molar refractivity (Wildman–Crippen MR) is 110 cm³/mol. The fraction of sp³-hybridized carbons (Fsp3) is 0.571. The van der Waals surface area contributed by atoms with Crippen LogP contribution in [0.5, 0.6) is 0 Å². The number of aryl methyl sites for hydroxylation is 2. The van der Waals surface area contributed by atoms with Crippen LogP contribution in [0.2, 0.25) is 0 Å². The minimum Gasteiger partial charge on any atom is -0.350 e. The van der Waals surface area contributed by atoms with Gasteiger partial charge in [0.15, 0.2) is 0 Å². The second-order valence-corrected chi connectivity index (χ2v) is 8.31. The quantitative estimate of drug-likeness (QED) is 0.831. The molecule has 8 nitrogen and oxygen atoms in total.